The Morgan fingerprint density at radius 1 is 1.18 bits per heavy atom. The van der Waals surface area contributed by atoms with Crippen molar-refractivity contribution < 1.29 is 24.2 Å². The largest absolute Gasteiger partial charge is 0.503 e. The van der Waals surface area contributed by atoms with Crippen molar-refractivity contribution in [2.45, 2.75) is 65.0 Å². The Labute approximate surface area is 201 Å². The number of hydrogen-bond acceptors (Lipinski definition) is 6. The molecule has 0 bridgehead atoms. The van der Waals surface area contributed by atoms with Crippen molar-refractivity contribution in [1.82, 2.24) is 10.3 Å². The third-order valence-electron chi connectivity index (χ3n) is 6.71. The average Bonchev–Trinajstić information content (AvgIpc) is 3.66. The number of esters is 1. The van der Waals surface area contributed by atoms with Crippen molar-refractivity contribution in [1.29, 1.82) is 0 Å². The summed E-state index contributed by atoms with van der Waals surface area (Å²) in [6, 6.07) is 10.8. The molecule has 1 fully saturated rings. The number of ether oxygens (including phenoxy) is 2. The molecule has 0 saturated heterocycles. The number of nitrogens with one attached hydrogen (secondary N) is 1. The van der Waals surface area contributed by atoms with Crippen LogP contribution in [0.5, 0.6) is 11.5 Å². The molecule has 0 unspecified atom stereocenters. The molecule has 7 heteroatoms. The third-order valence-corrected chi connectivity index (χ3v) is 6.71. The molecular weight excluding hydrogens is 432 g/mol. The summed E-state index contributed by atoms with van der Waals surface area (Å²) in [5, 5.41) is 12.7. The standard InChI is InChI=1S/C27H36N2O5/c1-5-21(15-20-11-12-20)22(16-19-9-7-6-8-10-19)18(3)34-27(32)17(2)29-26(31)24-25(30)23(33-4)13-14-28-24/h6-10,13-14,17-18,20-22,30H,5,11-12,15-16H2,1-4H3,(H,29,31)/t17-,18-,21+,22-/m0/s1. The van der Waals surface area contributed by atoms with E-state index in [9.17, 15) is 14.7 Å². The number of pyridine rings is 1. The molecule has 4 atom stereocenters. The maximum atomic E-state index is 12.9. The summed E-state index contributed by atoms with van der Waals surface area (Å²) in [6.45, 7) is 5.72. The zero-order chi connectivity index (χ0) is 24.7. The van der Waals surface area contributed by atoms with E-state index in [1.165, 1.54) is 37.8 Å². The zero-order valence-electron chi connectivity index (χ0n) is 20.5. The highest BCUT2D eigenvalue weighted by molar-refractivity contribution is 5.97. The van der Waals surface area contributed by atoms with Crippen molar-refractivity contribution in [3.63, 3.8) is 0 Å². The molecule has 1 saturated carbocycles. The van der Waals surface area contributed by atoms with Crippen LogP contribution >= 0.6 is 0 Å². The van der Waals surface area contributed by atoms with Gasteiger partial charge in [0.05, 0.1) is 7.11 Å². The van der Waals surface area contributed by atoms with Crippen molar-refractivity contribution in [2.75, 3.05) is 7.11 Å². The van der Waals surface area contributed by atoms with E-state index >= 15 is 0 Å². The first kappa shape index (κ1) is 25.5. The Balaban J connectivity index is 1.66. The van der Waals surface area contributed by atoms with Crippen LogP contribution in [0.25, 0.3) is 0 Å². The van der Waals surface area contributed by atoms with Gasteiger partial charge in [-0.15, -0.1) is 0 Å². The SMILES string of the molecule is CC[C@H](CC1CC1)[C@@H](Cc1ccccc1)[C@H](C)OC(=O)[C@H](C)NC(=O)c1nccc(OC)c1O. The van der Waals surface area contributed by atoms with Crippen LogP contribution in [0.2, 0.25) is 0 Å². The van der Waals surface area contributed by atoms with Gasteiger partial charge in [0.2, 0.25) is 0 Å². The van der Waals surface area contributed by atoms with Gasteiger partial charge in [0.15, 0.2) is 17.2 Å². The molecule has 0 aliphatic heterocycles. The van der Waals surface area contributed by atoms with Crippen molar-refractivity contribution in [3.05, 3.63) is 53.9 Å². The number of hydrogen-bond donors (Lipinski definition) is 2. The number of amides is 1. The average molecular weight is 469 g/mol. The van der Waals surface area contributed by atoms with Crippen LogP contribution in [0.3, 0.4) is 0 Å². The fourth-order valence-electron chi connectivity index (χ4n) is 4.49. The van der Waals surface area contributed by atoms with Crippen LogP contribution in [0.15, 0.2) is 42.6 Å². The first-order valence-electron chi connectivity index (χ1n) is 12.1. The topological polar surface area (TPSA) is 97.8 Å². The summed E-state index contributed by atoms with van der Waals surface area (Å²) >= 11 is 0. The lowest BCUT2D eigenvalue weighted by Crippen LogP contribution is -2.42. The zero-order valence-corrected chi connectivity index (χ0v) is 20.5. The van der Waals surface area contributed by atoms with Crippen LogP contribution < -0.4 is 10.1 Å². The van der Waals surface area contributed by atoms with E-state index in [-0.39, 0.29) is 29.2 Å². The van der Waals surface area contributed by atoms with Gasteiger partial charge in [-0.2, -0.15) is 0 Å². The lowest BCUT2D eigenvalue weighted by Gasteiger charge is -2.32. The van der Waals surface area contributed by atoms with Gasteiger partial charge in [0.25, 0.3) is 5.91 Å². The predicted molar refractivity (Wildman–Crippen MR) is 130 cm³/mol. The number of nitrogens with zero attached hydrogens (tertiary/aromatic N) is 1. The highest BCUT2D eigenvalue weighted by Crippen LogP contribution is 2.40. The minimum Gasteiger partial charge on any atom is -0.503 e. The molecule has 1 aromatic heterocycles. The number of aromatic nitrogens is 1. The van der Waals surface area contributed by atoms with Gasteiger partial charge in [-0.3, -0.25) is 4.79 Å². The molecule has 1 aliphatic carbocycles. The van der Waals surface area contributed by atoms with E-state index in [1.54, 1.807) is 6.92 Å². The lowest BCUT2D eigenvalue weighted by molar-refractivity contribution is -0.153. The Morgan fingerprint density at radius 3 is 2.50 bits per heavy atom. The predicted octanol–water partition coefficient (Wildman–Crippen LogP) is 4.53. The van der Waals surface area contributed by atoms with Gasteiger partial charge in [-0.25, -0.2) is 9.78 Å². The van der Waals surface area contributed by atoms with Crippen LogP contribution in [0, 0.1) is 17.8 Å². The lowest BCUT2D eigenvalue weighted by atomic mass is 9.78. The van der Waals surface area contributed by atoms with Crippen molar-refractivity contribution in [2.24, 2.45) is 17.8 Å². The minimum atomic E-state index is -0.900. The number of methoxy groups -OCH3 is 1. The van der Waals surface area contributed by atoms with E-state index in [0.29, 0.717) is 5.92 Å². The van der Waals surface area contributed by atoms with Crippen LogP contribution in [0.4, 0.5) is 0 Å². The van der Waals surface area contributed by atoms with Crippen LogP contribution in [-0.4, -0.2) is 41.2 Å². The normalized spacial score (nSPS) is 16.7. The maximum Gasteiger partial charge on any atom is 0.328 e. The summed E-state index contributed by atoms with van der Waals surface area (Å²) in [5.41, 5.74) is 1.02. The summed E-state index contributed by atoms with van der Waals surface area (Å²) in [5.74, 6) is 0.00554. The van der Waals surface area contributed by atoms with Gasteiger partial charge < -0.3 is 19.9 Å². The summed E-state index contributed by atoms with van der Waals surface area (Å²) in [7, 11) is 1.39. The van der Waals surface area contributed by atoms with Gasteiger partial charge in [-0.1, -0.05) is 56.5 Å². The molecule has 1 amide bonds. The van der Waals surface area contributed by atoms with E-state index < -0.39 is 17.9 Å². The first-order chi connectivity index (χ1) is 16.3. The van der Waals surface area contributed by atoms with Gasteiger partial charge in [0, 0.05) is 18.2 Å². The summed E-state index contributed by atoms with van der Waals surface area (Å²) in [6.07, 6.45) is 6.65. The molecule has 2 aromatic rings. The van der Waals surface area contributed by atoms with Crippen molar-refractivity contribution in [3.8, 4) is 11.5 Å². The molecular formula is C27H36N2O5. The molecule has 7 nitrogen and oxygen atoms in total. The monoisotopic (exact) mass is 468 g/mol. The third kappa shape index (κ3) is 6.72. The molecule has 1 aromatic carbocycles. The van der Waals surface area contributed by atoms with Crippen LogP contribution in [0.1, 0.15) is 62.5 Å². The van der Waals surface area contributed by atoms with E-state index in [4.69, 9.17) is 9.47 Å². The first-order valence-corrected chi connectivity index (χ1v) is 12.1. The number of aromatic hydroxyl groups is 1. The van der Waals surface area contributed by atoms with Gasteiger partial charge in [0.1, 0.15) is 12.1 Å². The Bertz CT molecular complexity index is 961. The maximum absolute atomic E-state index is 12.9. The van der Waals surface area contributed by atoms with Gasteiger partial charge in [-0.05, 0) is 44.1 Å². The highest BCUT2D eigenvalue weighted by atomic mass is 16.5. The number of carbonyl (C=O) groups is 2. The fourth-order valence-corrected chi connectivity index (χ4v) is 4.49. The molecule has 0 radical (unpaired) electrons. The minimum absolute atomic E-state index is 0.133. The second-order valence-corrected chi connectivity index (χ2v) is 9.25. The summed E-state index contributed by atoms with van der Waals surface area (Å²) < 4.78 is 10.9. The second kappa shape index (κ2) is 11.9. The molecule has 1 heterocycles. The summed E-state index contributed by atoms with van der Waals surface area (Å²) in [4.78, 5) is 29.4. The number of benzene rings is 1. The van der Waals surface area contributed by atoms with Crippen molar-refractivity contribution >= 4 is 11.9 Å². The molecule has 184 valence electrons. The van der Waals surface area contributed by atoms with Gasteiger partial charge >= 0.3 is 5.97 Å². The van der Waals surface area contributed by atoms with E-state index in [2.05, 4.69) is 29.4 Å². The molecule has 34 heavy (non-hydrogen) atoms. The highest BCUT2D eigenvalue weighted by Gasteiger charge is 2.34. The Kier molecular flexibility index (Phi) is 8.91. The second-order valence-electron chi connectivity index (χ2n) is 9.25. The smallest absolute Gasteiger partial charge is 0.328 e. The molecule has 2 N–H and O–H groups in total. The molecule has 1 aliphatic rings. The van der Waals surface area contributed by atoms with E-state index in [1.807, 2.05) is 25.1 Å². The molecule has 0 spiro atoms. The quantitative estimate of drug-likeness (QED) is 0.444. The number of carbonyl (C=O) groups excluding carboxylic acids is 2. The Morgan fingerprint density at radius 2 is 1.88 bits per heavy atom. The fraction of sp³-hybridized carbons (Fsp3) is 0.519. The molecule has 3 rings (SSSR count). The number of rotatable bonds is 12. The van der Waals surface area contributed by atoms with Crippen LogP contribution in [-0.2, 0) is 16.0 Å². The Hall–Kier alpha value is -3.09. The van der Waals surface area contributed by atoms with E-state index in [0.717, 1.165) is 25.2 Å².